The second-order valence-electron chi connectivity index (χ2n) is 4.13. The number of aryl methyl sites for hydroxylation is 1. The standard InChI is InChI=1S/C13H17N3O2/c1-9-3-5-11(8-14)7-12(9)18-10(2)4-6-13(17)16-15/h3,5,7,10H,4,6,15H2,1-2H3,(H,16,17). The second kappa shape index (κ2) is 6.62. The molecule has 0 aliphatic carbocycles. The molecule has 0 saturated carbocycles. The summed E-state index contributed by atoms with van der Waals surface area (Å²) in [4.78, 5) is 11.0. The lowest BCUT2D eigenvalue weighted by Gasteiger charge is -2.16. The van der Waals surface area contributed by atoms with E-state index >= 15 is 0 Å². The summed E-state index contributed by atoms with van der Waals surface area (Å²) < 4.78 is 5.71. The molecule has 1 amide bonds. The summed E-state index contributed by atoms with van der Waals surface area (Å²) in [6.07, 6.45) is 0.767. The number of amides is 1. The fourth-order valence-electron chi connectivity index (χ4n) is 1.48. The molecule has 0 spiro atoms. The van der Waals surface area contributed by atoms with E-state index < -0.39 is 0 Å². The van der Waals surface area contributed by atoms with E-state index in [4.69, 9.17) is 15.8 Å². The van der Waals surface area contributed by atoms with E-state index in [9.17, 15) is 4.79 Å². The van der Waals surface area contributed by atoms with Gasteiger partial charge in [0.05, 0.1) is 17.7 Å². The highest BCUT2D eigenvalue weighted by atomic mass is 16.5. The maximum absolute atomic E-state index is 11.0. The third-order valence-electron chi connectivity index (χ3n) is 2.58. The van der Waals surface area contributed by atoms with Crippen LogP contribution in [0.1, 0.15) is 30.9 Å². The molecule has 0 aromatic heterocycles. The lowest BCUT2D eigenvalue weighted by molar-refractivity contribution is -0.121. The normalized spacial score (nSPS) is 11.4. The van der Waals surface area contributed by atoms with Gasteiger partial charge in [0.25, 0.3) is 0 Å². The summed E-state index contributed by atoms with van der Waals surface area (Å²) >= 11 is 0. The molecule has 3 N–H and O–H groups in total. The first-order chi connectivity index (χ1) is 8.56. The predicted molar refractivity (Wildman–Crippen MR) is 67.5 cm³/mol. The molecule has 0 heterocycles. The van der Waals surface area contributed by atoms with Crippen LogP contribution in [-0.2, 0) is 4.79 Å². The first-order valence-electron chi connectivity index (χ1n) is 5.73. The molecule has 1 unspecified atom stereocenters. The zero-order chi connectivity index (χ0) is 13.5. The molecule has 1 aromatic carbocycles. The topological polar surface area (TPSA) is 88.1 Å². The molecule has 5 heteroatoms. The van der Waals surface area contributed by atoms with Gasteiger partial charge in [0, 0.05) is 6.42 Å². The third-order valence-corrected chi connectivity index (χ3v) is 2.58. The Balaban J connectivity index is 2.61. The van der Waals surface area contributed by atoms with Gasteiger partial charge in [-0.3, -0.25) is 10.2 Å². The van der Waals surface area contributed by atoms with Gasteiger partial charge in [0.2, 0.25) is 5.91 Å². The van der Waals surface area contributed by atoms with Crippen molar-refractivity contribution in [3.63, 3.8) is 0 Å². The van der Waals surface area contributed by atoms with Crippen LogP contribution >= 0.6 is 0 Å². The van der Waals surface area contributed by atoms with Crippen molar-refractivity contribution in [2.75, 3.05) is 0 Å². The van der Waals surface area contributed by atoms with Gasteiger partial charge in [-0.05, 0) is 38.0 Å². The van der Waals surface area contributed by atoms with Gasteiger partial charge in [-0.15, -0.1) is 0 Å². The number of carbonyl (C=O) groups excluding carboxylic acids is 1. The van der Waals surface area contributed by atoms with Crippen LogP contribution in [0.5, 0.6) is 5.75 Å². The average molecular weight is 247 g/mol. The zero-order valence-corrected chi connectivity index (χ0v) is 10.6. The molecule has 1 atom stereocenters. The van der Waals surface area contributed by atoms with Gasteiger partial charge in [0.1, 0.15) is 5.75 Å². The Hall–Kier alpha value is -2.06. The average Bonchev–Trinajstić information content (AvgIpc) is 2.38. The highest BCUT2D eigenvalue weighted by Crippen LogP contribution is 2.21. The molecule has 0 bridgehead atoms. The van der Waals surface area contributed by atoms with E-state index in [1.54, 1.807) is 12.1 Å². The van der Waals surface area contributed by atoms with Crippen LogP contribution in [0.15, 0.2) is 18.2 Å². The van der Waals surface area contributed by atoms with E-state index in [1.165, 1.54) is 0 Å². The quantitative estimate of drug-likeness (QED) is 0.467. The number of nitrogens with one attached hydrogen (secondary N) is 1. The number of rotatable bonds is 5. The SMILES string of the molecule is Cc1ccc(C#N)cc1OC(C)CCC(=O)NN. The Kier molecular flexibility index (Phi) is 5.15. The maximum atomic E-state index is 11.0. The molecule has 96 valence electrons. The van der Waals surface area contributed by atoms with Crippen LogP contribution in [0.3, 0.4) is 0 Å². The molecule has 1 rings (SSSR count). The minimum Gasteiger partial charge on any atom is -0.490 e. The van der Waals surface area contributed by atoms with Crippen LogP contribution in [0, 0.1) is 18.3 Å². The maximum Gasteiger partial charge on any atom is 0.234 e. The van der Waals surface area contributed by atoms with Crippen molar-refractivity contribution in [1.29, 1.82) is 5.26 Å². The minimum absolute atomic E-state index is 0.116. The summed E-state index contributed by atoms with van der Waals surface area (Å²) in [5, 5.41) is 8.82. The smallest absolute Gasteiger partial charge is 0.234 e. The van der Waals surface area contributed by atoms with Gasteiger partial charge in [-0.1, -0.05) is 6.07 Å². The lowest BCUT2D eigenvalue weighted by atomic mass is 10.1. The molecule has 0 radical (unpaired) electrons. The number of nitriles is 1. The van der Waals surface area contributed by atoms with Crippen molar-refractivity contribution in [2.24, 2.45) is 5.84 Å². The Bertz CT molecular complexity index is 466. The van der Waals surface area contributed by atoms with E-state index in [0.717, 1.165) is 5.56 Å². The van der Waals surface area contributed by atoms with Crippen molar-refractivity contribution < 1.29 is 9.53 Å². The van der Waals surface area contributed by atoms with Crippen LogP contribution in [0.2, 0.25) is 0 Å². The highest BCUT2D eigenvalue weighted by molar-refractivity contribution is 5.75. The van der Waals surface area contributed by atoms with Crippen LogP contribution in [0.4, 0.5) is 0 Å². The molecule has 0 saturated heterocycles. The molecule has 0 aliphatic rings. The predicted octanol–water partition coefficient (Wildman–Crippen LogP) is 1.40. The summed E-state index contributed by atoms with van der Waals surface area (Å²) in [7, 11) is 0. The van der Waals surface area contributed by atoms with Gasteiger partial charge >= 0.3 is 0 Å². The van der Waals surface area contributed by atoms with E-state index in [-0.39, 0.29) is 12.0 Å². The van der Waals surface area contributed by atoms with Gasteiger partial charge in [-0.25, -0.2) is 5.84 Å². The number of carbonyl (C=O) groups is 1. The Morgan fingerprint density at radius 1 is 1.61 bits per heavy atom. The number of ether oxygens (including phenoxy) is 1. The van der Waals surface area contributed by atoms with Gasteiger partial charge in [0.15, 0.2) is 0 Å². The zero-order valence-electron chi connectivity index (χ0n) is 10.6. The third kappa shape index (κ3) is 4.07. The number of nitrogens with zero attached hydrogens (tertiary/aromatic N) is 1. The summed E-state index contributed by atoms with van der Waals surface area (Å²) in [5.74, 6) is 5.46. The molecule has 18 heavy (non-hydrogen) atoms. The summed E-state index contributed by atoms with van der Waals surface area (Å²) in [6.45, 7) is 3.79. The van der Waals surface area contributed by atoms with E-state index in [1.807, 2.05) is 19.9 Å². The number of hydrogen-bond donors (Lipinski definition) is 2. The largest absolute Gasteiger partial charge is 0.490 e. The van der Waals surface area contributed by atoms with Crippen molar-refractivity contribution in [2.45, 2.75) is 32.8 Å². The first kappa shape index (κ1) is 14.0. The van der Waals surface area contributed by atoms with Crippen molar-refractivity contribution >= 4 is 5.91 Å². The number of hydrogen-bond acceptors (Lipinski definition) is 4. The van der Waals surface area contributed by atoms with Crippen LogP contribution in [-0.4, -0.2) is 12.0 Å². The van der Waals surface area contributed by atoms with Gasteiger partial charge < -0.3 is 4.74 Å². The molecule has 5 nitrogen and oxygen atoms in total. The fraction of sp³-hybridized carbons (Fsp3) is 0.385. The van der Waals surface area contributed by atoms with E-state index in [0.29, 0.717) is 24.2 Å². The molecule has 0 fully saturated rings. The van der Waals surface area contributed by atoms with E-state index in [2.05, 4.69) is 11.5 Å². The number of hydrazine groups is 1. The first-order valence-corrected chi connectivity index (χ1v) is 5.73. The molecular weight excluding hydrogens is 230 g/mol. The Morgan fingerprint density at radius 2 is 2.33 bits per heavy atom. The van der Waals surface area contributed by atoms with Crippen molar-refractivity contribution in [1.82, 2.24) is 5.43 Å². The van der Waals surface area contributed by atoms with Gasteiger partial charge in [-0.2, -0.15) is 5.26 Å². The molecule has 0 aliphatic heterocycles. The second-order valence-corrected chi connectivity index (χ2v) is 4.13. The summed E-state index contributed by atoms with van der Waals surface area (Å²) in [6, 6.07) is 7.35. The summed E-state index contributed by atoms with van der Waals surface area (Å²) in [5.41, 5.74) is 3.60. The van der Waals surface area contributed by atoms with Crippen molar-refractivity contribution in [3.8, 4) is 11.8 Å². The molecular formula is C13H17N3O2. The highest BCUT2D eigenvalue weighted by Gasteiger charge is 2.09. The van der Waals surface area contributed by atoms with Crippen LogP contribution in [0.25, 0.3) is 0 Å². The number of nitrogens with two attached hydrogens (primary N) is 1. The van der Waals surface area contributed by atoms with Crippen LogP contribution < -0.4 is 16.0 Å². The fourth-order valence-corrected chi connectivity index (χ4v) is 1.48. The molecule has 1 aromatic rings. The minimum atomic E-state index is -0.215. The Morgan fingerprint density at radius 3 is 2.94 bits per heavy atom. The monoisotopic (exact) mass is 247 g/mol. The lowest BCUT2D eigenvalue weighted by Crippen LogP contribution is -2.30. The number of benzene rings is 1. The van der Waals surface area contributed by atoms with Crippen molar-refractivity contribution in [3.05, 3.63) is 29.3 Å². The Labute approximate surface area is 107 Å².